The largest absolute Gasteiger partial charge is 0.492 e. The first-order chi connectivity index (χ1) is 14.7. The third-order valence-corrected chi connectivity index (χ3v) is 7.24. The number of halogens is 2. The Morgan fingerprint density at radius 1 is 1.26 bits per heavy atom. The smallest absolute Gasteiger partial charge is 0.268 e. The van der Waals surface area contributed by atoms with Gasteiger partial charge in [0.05, 0.1) is 22.1 Å². The minimum Gasteiger partial charge on any atom is -0.492 e. The van der Waals surface area contributed by atoms with E-state index in [0.717, 1.165) is 43.4 Å². The quantitative estimate of drug-likeness (QED) is 0.676. The molecule has 0 aromatic heterocycles. The number of carbonyl (C=O) groups is 1. The van der Waals surface area contributed by atoms with Crippen LogP contribution in [0.3, 0.4) is 0 Å². The number of hydrogen-bond acceptors (Lipinski definition) is 5. The number of nitrogens with one attached hydrogen (secondary N) is 1. The summed E-state index contributed by atoms with van der Waals surface area (Å²) < 4.78 is 53.0. The lowest BCUT2D eigenvalue weighted by Gasteiger charge is -2.14. The van der Waals surface area contributed by atoms with E-state index < -0.39 is 27.3 Å². The highest BCUT2D eigenvalue weighted by Gasteiger charge is 2.26. The molecule has 0 unspecified atom stereocenters. The van der Waals surface area contributed by atoms with Gasteiger partial charge in [-0.25, -0.2) is 17.5 Å². The van der Waals surface area contributed by atoms with E-state index in [9.17, 15) is 17.6 Å². The summed E-state index contributed by atoms with van der Waals surface area (Å²) in [4.78, 5) is 12.4. The van der Waals surface area contributed by atoms with E-state index in [1.54, 1.807) is 6.07 Å². The number of benzene rings is 2. The lowest BCUT2D eigenvalue weighted by Crippen LogP contribution is -2.31. The Labute approximate surface area is 185 Å². The van der Waals surface area contributed by atoms with Crippen molar-refractivity contribution in [1.29, 1.82) is 0 Å². The molecule has 0 spiro atoms. The molecular weight excluding hydrogens is 445 g/mol. The molecule has 1 aliphatic carbocycles. The second-order valence-corrected chi connectivity index (χ2v) is 10.2. The highest BCUT2D eigenvalue weighted by atomic mass is 35.5. The lowest BCUT2D eigenvalue weighted by molar-refractivity contribution is 0.0977. The highest BCUT2D eigenvalue weighted by molar-refractivity contribution is 7.90. The Morgan fingerprint density at radius 3 is 2.74 bits per heavy atom. The van der Waals surface area contributed by atoms with Gasteiger partial charge in [0.25, 0.3) is 15.9 Å². The van der Waals surface area contributed by atoms with E-state index in [-0.39, 0.29) is 21.8 Å². The van der Waals surface area contributed by atoms with Gasteiger partial charge in [-0.3, -0.25) is 4.79 Å². The Balaban J connectivity index is 1.48. The summed E-state index contributed by atoms with van der Waals surface area (Å²) in [6, 6.07) is 6.45. The molecule has 1 atom stereocenters. The maximum absolute atomic E-state index is 14.6. The average Bonchev–Trinajstić information content (AvgIpc) is 3.35. The molecule has 1 N–H and O–H groups in total. The minimum absolute atomic E-state index is 0.0469. The normalized spacial score (nSPS) is 18.5. The maximum atomic E-state index is 14.6. The van der Waals surface area contributed by atoms with Crippen LogP contribution in [0.25, 0.3) is 0 Å². The van der Waals surface area contributed by atoms with Crippen LogP contribution in [0.4, 0.5) is 4.39 Å². The van der Waals surface area contributed by atoms with Crippen molar-refractivity contribution in [2.75, 3.05) is 6.61 Å². The molecule has 0 bridgehead atoms. The molecule has 1 heterocycles. The van der Waals surface area contributed by atoms with Crippen molar-refractivity contribution in [3.05, 3.63) is 52.3 Å². The fraction of sp³-hybridized carbons (Fsp3) is 0.409. The van der Waals surface area contributed by atoms with Crippen LogP contribution in [-0.2, 0) is 16.4 Å². The predicted molar refractivity (Wildman–Crippen MR) is 114 cm³/mol. The molecule has 31 heavy (non-hydrogen) atoms. The third kappa shape index (κ3) is 4.80. The van der Waals surface area contributed by atoms with Crippen molar-refractivity contribution in [2.24, 2.45) is 5.92 Å². The van der Waals surface area contributed by atoms with Gasteiger partial charge >= 0.3 is 0 Å². The van der Waals surface area contributed by atoms with Gasteiger partial charge in [-0.15, -0.1) is 0 Å². The Kier molecular flexibility index (Phi) is 6.12. The topological polar surface area (TPSA) is 81.7 Å². The van der Waals surface area contributed by atoms with Crippen LogP contribution in [0.1, 0.15) is 48.5 Å². The van der Waals surface area contributed by atoms with Gasteiger partial charge in [0, 0.05) is 12.5 Å². The number of hydrogen-bond donors (Lipinski definition) is 1. The molecular formula is C22H23ClFNO5S. The van der Waals surface area contributed by atoms with Crippen LogP contribution in [0.5, 0.6) is 11.5 Å². The first-order valence-corrected chi connectivity index (χ1v) is 12.1. The monoisotopic (exact) mass is 467 g/mol. The Morgan fingerprint density at radius 2 is 2.00 bits per heavy atom. The van der Waals surface area contributed by atoms with Gasteiger partial charge < -0.3 is 9.47 Å². The Bertz CT molecular complexity index is 1120. The van der Waals surface area contributed by atoms with Gasteiger partial charge in [0.15, 0.2) is 0 Å². The summed E-state index contributed by atoms with van der Waals surface area (Å²) in [7, 11) is -4.20. The minimum atomic E-state index is -4.20. The SMILES string of the molecule is C[C@H]1Cc2cc(S(=O)(=O)NC(=O)c3cc(Cl)c(OCC4CCCC4)cc3F)ccc2O1. The van der Waals surface area contributed by atoms with E-state index in [0.29, 0.717) is 24.7 Å². The molecule has 1 fully saturated rings. The van der Waals surface area contributed by atoms with Gasteiger partial charge in [-0.05, 0) is 55.5 Å². The summed E-state index contributed by atoms with van der Waals surface area (Å²) in [5, 5.41) is 0.0469. The molecule has 2 aromatic rings. The fourth-order valence-electron chi connectivity index (χ4n) is 4.00. The third-order valence-electron chi connectivity index (χ3n) is 5.62. The van der Waals surface area contributed by atoms with E-state index in [2.05, 4.69) is 0 Å². The number of amides is 1. The van der Waals surface area contributed by atoms with Crippen molar-refractivity contribution < 1.29 is 27.1 Å². The summed E-state index contributed by atoms with van der Waals surface area (Å²) >= 11 is 6.16. The molecule has 0 saturated heterocycles. The van der Waals surface area contributed by atoms with Crippen LogP contribution in [0.15, 0.2) is 35.2 Å². The van der Waals surface area contributed by atoms with Gasteiger partial charge in [0.1, 0.15) is 23.4 Å². The molecule has 1 amide bonds. The van der Waals surface area contributed by atoms with E-state index in [1.165, 1.54) is 12.1 Å². The summed E-state index contributed by atoms with van der Waals surface area (Å²) in [5.74, 6) is -0.850. The zero-order chi connectivity index (χ0) is 22.2. The molecule has 6 nitrogen and oxygen atoms in total. The second-order valence-electron chi connectivity index (χ2n) is 8.06. The van der Waals surface area contributed by atoms with Gasteiger partial charge in [-0.1, -0.05) is 24.4 Å². The van der Waals surface area contributed by atoms with Crippen LogP contribution < -0.4 is 14.2 Å². The number of ether oxygens (including phenoxy) is 2. The Hall–Kier alpha value is -2.32. The van der Waals surface area contributed by atoms with Crippen molar-refractivity contribution >= 4 is 27.5 Å². The number of fused-ring (bicyclic) bond motifs is 1. The van der Waals surface area contributed by atoms with Crippen LogP contribution >= 0.6 is 11.6 Å². The molecule has 166 valence electrons. The molecule has 2 aliphatic rings. The lowest BCUT2D eigenvalue weighted by atomic mass is 10.1. The summed E-state index contributed by atoms with van der Waals surface area (Å²) in [6.07, 6.45) is 4.95. The second kappa shape index (κ2) is 8.67. The molecule has 1 aliphatic heterocycles. The van der Waals surface area contributed by atoms with Crippen LogP contribution in [0.2, 0.25) is 5.02 Å². The number of rotatable bonds is 6. The predicted octanol–water partition coefficient (Wildman–Crippen LogP) is 4.49. The maximum Gasteiger partial charge on any atom is 0.268 e. The molecule has 4 rings (SSSR count). The van der Waals surface area contributed by atoms with Gasteiger partial charge in [0.2, 0.25) is 0 Å². The van der Waals surface area contributed by atoms with Crippen LogP contribution in [0, 0.1) is 11.7 Å². The fourth-order valence-corrected chi connectivity index (χ4v) is 5.23. The van der Waals surface area contributed by atoms with Crippen molar-refractivity contribution in [1.82, 2.24) is 4.72 Å². The summed E-state index contributed by atoms with van der Waals surface area (Å²) in [6.45, 7) is 2.31. The van der Waals surface area contributed by atoms with E-state index in [1.807, 2.05) is 11.6 Å². The summed E-state index contributed by atoms with van der Waals surface area (Å²) in [5.41, 5.74) is 0.265. The number of sulfonamides is 1. The average molecular weight is 468 g/mol. The molecule has 9 heteroatoms. The van der Waals surface area contributed by atoms with E-state index >= 15 is 0 Å². The number of carbonyl (C=O) groups excluding carboxylic acids is 1. The molecule has 0 radical (unpaired) electrons. The van der Waals surface area contributed by atoms with E-state index in [4.69, 9.17) is 21.1 Å². The highest BCUT2D eigenvalue weighted by Crippen LogP contribution is 2.32. The van der Waals surface area contributed by atoms with Crippen molar-refractivity contribution in [3.8, 4) is 11.5 Å². The standard InChI is InChI=1S/C22H23ClFNO5S/c1-13-8-15-9-16(6-7-20(15)30-13)31(27,28)25-22(26)17-10-18(23)21(11-19(17)24)29-12-14-4-2-3-5-14/h6-7,9-11,13-14H,2-5,8,12H2,1H3,(H,25,26)/t13-/m0/s1. The molecule has 2 aromatic carbocycles. The van der Waals surface area contributed by atoms with Gasteiger partial charge in [-0.2, -0.15) is 0 Å². The first-order valence-electron chi connectivity index (χ1n) is 10.2. The van der Waals surface area contributed by atoms with Crippen molar-refractivity contribution in [2.45, 2.75) is 50.0 Å². The van der Waals surface area contributed by atoms with Crippen LogP contribution in [-0.4, -0.2) is 27.0 Å². The first kappa shape index (κ1) is 21.9. The molecule has 1 saturated carbocycles. The van der Waals surface area contributed by atoms with Crippen molar-refractivity contribution in [3.63, 3.8) is 0 Å². The zero-order valence-electron chi connectivity index (χ0n) is 17.0. The zero-order valence-corrected chi connectivity index (χ0v) is 18.6.